The third-order valence-electron chi connectivity index (χ3n) is 7.61. The average molecular weight is 529 g/mol. The minimum absolute atomic E-state index is 0.163. The second-order valence-electron chi connectivity index (χ2n) is 10.9. The third kappa shape index (κ3) is 7.92. The second kappa shape index (κ2) is 12.9. The average Bonchev–Trinajstić information content (AvgIpc) is 3.87. The van der Waals surface area contributed by atoms with E-state index in [1.54, 1.807) is 13.8 Å². The van der Waals surface area contributed by atoms with Crippen LogP contribution in [0.2, 0.25) is 0 Å². The molecule has 1 aromatic rings. The summed E-state index contributed by atoms with van der Waals surface area (Å²) in [7, 11) is 0. The zero-order valence-electron chi connectivity index (χ0n) is 22.3. The molecule has 1 aliphatic carbocycles. The summed E-state index contributed by atoms with van der Waals surface area (Å²) in [5, 5.41) is 8.95. The molecule has 208 valence electrons. The summed E-state index contributed by atoms with van der Waals surface area (Å²) in [5.74, 6) is -0.470. The summed E-state index contributed by atoms with van der Waals surface area (Å²) in [6.45, 7) is 6.61. The summed E-state index contributed by atoms with van der Waals surface area (Å²) < 4.78 is 10.7. The van der Waals surface area contributed by atoms with Crippen molar-refractivity contribution < 1.29 is 28.7 Å². The number of benzene rings is 1. The molecule has 0 spiro atoms. The number of Topliss-reactive ketones (excluding diaryl/α,β-unsaturated/α-hetero) is 1. The summed E-state index contributed by atoms with van der Waals surface area (Å²) in [4.78, 5) is 53.3. The summed E-state index contributed by atoms with van der Waals surface area (Å²) in [6, 6.07) is 7.07. The van der Waals surface area contributed by atoms with Gasteiger partial charge in [-0.1, -0.05) is 43.2 Å². The zero-order valence-corrected chi connectivity index (χ0v) is 22.3. The largest absolute Gasteiger partial charge is 0.379 e. The highest BCUT2D eigenvalue weighted by Crippen LogP contribution is 2.34. The van der Waals surface area contributed by atoms with Gasteiger partial charge in [0, 0.05) is 19.6 Å². The molecule has 1 aromatic carbocycles. The lowest BCUT2D eigenvalue weighted by molar-refractivity contribution is -0.133. The Hall–Kier alpha value is -2.66. The molecule has 5 atom stereocenters. The van der Waals surface area contributed by atoms with Crippen molar-refractivity contribution in [2.45, 2.75) is 69.3 Å². The molecule has 3 N–H and O–H groups in total. The Kier molecular flexibility index (Phi) is 9.64. The lowest BCUT2D eigenvalue weighted by Gasteiger charge is -2.32. The number of amides is 2. The highest BCUT2D eigenvalue weighted by molar-refractivity contribution is 5.98. The summed E-state index contributed by atoms with van der Waals surface area (Å²) in [5.41, 5.74) is 0.0525. The van der Waals surface area contributed by atoms with E-state index in [0.29, 0.717) is 58.2 Å². The van der Waals surface area contributed by atoms with Crippen molar-refractivity contribution >= 4 is 23.9 Å². The van der Waals surface area contributed by atoms with Crippen LogP contribution in [0.15, 0.2) is 30.3 Å². The number of hydrogen-bond acceptors (Lipinski definition) is 8. The van der Waals surface area contributed by atoms with Gasteiger partial charge in [0.2, 0.25) is 11.8 Å². The molecule has 1 saturated carbocycles. The lowest BCUT2D eigenvalue weighted by Crippen LogP contribution is -2.57. The predicted octanol–water partition coefficient (Wildman–Crippen LogP) is 0.235. The minimum atomic E-state index is -0.879. The van der Waals surface area contributed by atoms with E-state index in [0.717, 1.165) is 24.7 Å². The molecule has 0 radical (unpaired) electrons. The molecular weight excluding hydrogens is 488 g/mol. The predicted molar refractivity (Wildman–Crippen MR) is 140 cm³/mol. The van der Waals surface area contributed by atoms with Crippen molar-refractivity contribution in [3.8, 4) is 0 Å². The van der Waals surface area contributed by atoms with Crippen LogP contribution in [0.5, 0.6) is 0 Å². The number of ketones is 1. The fourth-order valence-corrected chi connectivity index (χ4v) is 4.73. The van der Waals surface area contributed by atoms with Gasteiger partial charge in [-0.25, -0.2) is 0 Å². The highest BCUT2D eigenvalue weighted by atomic mass is 16.6. The number of epoxide rings is 1. The van der Waals surface area contributed by atoms with Gasteiger partial charge in [0.25, 0.3) is 0 Å². The van der Waals surface area contributed by atoms with E-state index in [2.05, 4.69) is 16.0 Å². The molecule has 2 aliphatic heterocycles. The zero-order chi connectivity index (χ0) is 27.1. The van der Waals surface area contributed by atoms with Crippen LogP contribution in [0, 0.1) is 5.92 Å². The Balaban J connectivity index is 1.36. The van der Waals surface area contributed by atoms with E-state index in [-0.39, 0.29) is 23.6 Å². The second-order valence-corrected chi connectivity index (χ2v) is 10.9. The maximum absolute atomic E-state index is 13.4. The molecule has 10 heteroatoms. The normalized spacial score (nSPS) is 24.5. The Morgan fingerprint density at radius 2 is 1.74 bits per heavy atom. The number of aldehydes is 1. The molecule has 2 saturated heterocycles. The molecule has 4 rings (SSSR count). The first kappa shape index (κ1) is 28.4. The topological polar surface area (TPSA) is 129 Å². The van der Waals surface area contributed by atoms with Crippen LogP contribution in [0.4, 0.5) is 0 Å². The molecule has 0 bridgehead atoms. The molecular formula is C28H40N4O6. The number of ether oxygens (including phenoxy) is 2. The van der Waals surface area contributed by atoms with E-state index in [1.165, 1.54) is 0 Å². The Bertz CT molecular complexity index is 975. The van der Waals surface area contributed by atoms with Gasteiger partial charge in [0.05, 0.1) is 37.9 Å². The Morgan fingerprint density at radius 3 is 2.34 bits per heavy atom. The molecule has 3 fully saturated rings. The van der Waals surface area contributed by atoms with Crippen LogP contribution in [0.25, 0.3) is 0 Å². The standard InChI is InChI=1S/C28H40N4O6/c1-19(29-16-22(17-33)32-10-12-37-13-11-32)26(35)31-24(15-21-8-9-21)27(36)30-23(25(34)28(2)18-38-28)14-20-6-4-3-5-7-20/h3-7,17,19,21-24,29H,8-16,18H2,1-2H3,(H,30,36)(H,31,35). The van der Waals surface area contributed by atoms with Gasteiger partial charge in [0.1, 0.15) is 17.9 Å². The van der Waals surface area contributed by atoms with Crippen LogP contribution in [-0.4, -0.2) is 98.0 Å². The van der Waals surface area contributed by atoms with Crippen LogP contribution in [-0.2, 0) is 35.1 Å². The number of carbonyl (C=O) groups is 4. The van der Waals surface area contributed by atoms with E-state index in [1.807, 2.05) is 35.2 Å². The molecule has 38 heavy (non-hydrogen) atoms. The van der Waals surface area contributed by atoms with Gasteiger partial charge in [-0.05, 0) is 38.2 Å². The summed E-state index contributed by atoms with van der Waals surface area (Å²) >= 11 is 0. The number of nitrogens with zero attached hydrogens (tertiary/aromatic N) is 1. The number of carbonyl (C=O) groups excluding carboxylic acids is 4. The van der Waals surface area contributed by atoms with Crippen molar-refractivity contribution in [2.75, 3.05) is 39.5 Å². The molecule has 3 aliphatic rings. The van der Waals surface area contributed by atoms with Crippen LogP contribution in [0.3, 0.4) is 0 Å². The van der Waals surface area contributed by atoms with Crippen LogP contribution in [0.1, 0.15) is 38.7 Å². The van der Waals surface area contributed by atoms with Gasteiger partial charge in [0.15, 0.2) is 5.78 Å². The van der Waals surface area contributed by atoms with E-state index < -0.39 is 23.7 Å². The highest BCUT2D eigenvalue weighted by Gasteiger charge is 2.50. The van der Waals surface area contributed by atoms with E-state index >= 15 is 0 Å². The van der Waals surface area contributed by atoms with Gasteiger partial charge in [-0.2, -0.15) is 0 Å². The van der Waals surface area contributed by atoms with Crippen LogP contribution < -0.4 is 16.0 Å². The lowest BCUT2D eigenvalue weighted by atomic mass is 9.94. The third-order valence-corrected chi connectivity index (χ3v) is 7.61. The minimum Gasteiger partial charge on any atom is -0.379 e. The monoisotopic (exact) mass is 528 g/mol. The summed E-state index contributed by atoms with van der Waals surface area (Å²) in [6.07, 6.45) is 3.80. The maximum Gasteiger partial charge on any atom is 0.243 e. The molecule has 2 heterocycles. The van der Waals surface area contributed by atoms with E-state index in [9.17, 15) is 19.2 Å². The van der Waals surface area contributed by atoms with Crippen molar-refractivity contribution in [1.82, 2.24) is 20.9 Å². The van der Waals surface area contributed by atoms with Crippen molar-refractivity contribution in [2.24, 2.45) is 5.92 Å². The molecule has 0 aromatic heterocycles. The maximum atomic E-state index is 13.4. The SMILES string of the molecule is CC(NCC(C=O)N1CCOCC1)C(=O)NC(CC1CC1)C(=O)NC(Cc1ccccc1)C(=O)C1(C)CO1. The van der Waals surface area contributed by atoms with Crippen LogP contribution >= 0.6 is 0 Å². The first-order valence-corrected chi connectivity index (χ1v) is 13.6. The molecule has 10 nitrogen and oxygen atoms in total. The molecule has 2 amide bonds. The first-order chi connectivity index (χ1) is 18.3. The number of hydrogen-bond donors (Lipinski definition) is 3. The molecule has 5 unspecified atom stereocenters. The fourth-order valence-electron chi connectivity index (χ4n) is 4.73. The van der Waals surface area contributed by atoms with Gasteiger partial charge in [-0.3, -0.25) is 19.3 Å². The Labute approximate surface area is 224 Å². The number of morpholine rings is 1. The fraction of sp³-hybridized carbons (Fsp3) is 0.643. The Morgan fingerprint density at radius 1 is 1.08 bits per heavy atom. The van der Waals surface area contributed by atoms with Gasteiger partial charge >= 0.3 is 0 Å². The smallest absolute Gasteiger partial charge is 0.243 e. The van der Waals surface area contributed by atoms with Gasteiger partial charge < -0.3 is 30.2 Å². The first-order valence-electron chi connectivity index (χ1n) is 13.6. The number of nitrogens with one attached hydrogen (secondary N) is 3. The van der Waals surface area contributed by atoms with Crippen molar-refractivity contribution in [1.29, 1.82) is 0 Å². The number of rotatable bonds is 15. The van der Waals surface area contributed by atoms with Gasteiger partial charge in [-0.15, -0.1) is 0 Å². The van der Waals surface area contributed by atoms with Crippen molar-refractivity contribution in [3.05, 3.63) is 35.9 Å². The quantitative estimate of drug-likeness (QED) is 0.218. The van der Waals surface area contributed by atoms with Crippen molar-refractivity contribution in [3.63, 3.8) is 0 Å². The van der Waals surface area contributed by atoms with E-state index in [4.69, 9.17) is 9.47 Å².